The van der Waals surface area contributed by atoms with Gasteiger partial charge in [-0.15, -0.1) is 0 Å². The first kappa shape index (κ1) is 11.5. The highest BCUT2D eigenvalue weighted by atomic mass is 35.5. The molecule has 1 amide bonds. The maximum atomic E-state index is 14.1. The number of carbonyl (C=O) groups excluding carboxylic acids is 1. The van der Waals surface area contributed by atoms with Crippen molar-refractivity contribution in [2.75, 3.05) is 0 Å². The number of nitrogens with one attached hydrogen (secondary N) is 1. The number of rotatable bonds is 1. The Morgan fingerprint density at radius 2 is 2.28 bits per heavy atom. The van der Waals surface area contributed by atoms with Crippen molar-refractivity contribution in [1.82, 2.24) is 4.98 Å². The highest BCUT2D eigenvalue weighted by molar-refractivity contribution is 6.31. The smallest absolute Gasteiger partial charge is 0.226 e. The van der Waals surface area contributed by atoms with Gasteiger partial charge >= 0.3 is 0 Å². The van der Waals surface area contributed by atoms with Crippen molar-refractivity contribution in [3.8, 4) is 0 Å². The van der Waals surface area contributed by atoms with Gasteiger partial charge in [0.1, 0.15) is 0 Å². The second kappa shape index (κ2) is 3.99. The zero-order valence-electron chi connectivity index (χ0n) is 9.59. The minimum absolute atomic E-state index is 0.102. The fraction of sp³-hybridized carbons (Fsp3) is 0.308. The minimum Gasteiger partial charge on any atom is -0.369 e. The van der Waals surface area contributed by atoms with Crippen LogP contribution in [-0.2, 0) is 11.2 Å². The fourth-order valence-corrected chi connectivity index (χ4v) is 2.93. The summed E-state index contributed by atoms with van der Waals surface area (Å²) in [5.41, 5.74) is 7.67. The van der Waals surface area contributed by atoms with Gasteiger partial charge in [0.05, 0.1) is 10.9 Å². The van der Waals surface area contributed by atoms with Gasteiger partial charge in [0.25, 0.3) is 0 Å². The third kappa shape index (κ3) is 1.52. The molecule has 5 heteroatoms. The van der Waals surface area contributed by atoms with Crippen LogP contribution in [0.3, 0.4) is 0 Å². The van der Waals surface area contributed by atoms with E-state index >= 15 is 0 Å². The summed E-state index contributed by atoms with van der Waals surface area (Å²) in [6.45, 7) is 0. The summed E-state index contributed by atoms with van der Waals surface area (Å²) in [6.07, 6.45) is 2.29. The molecule has 94 valence electrons. The molecule has 1 heterocycles. The number of fused-ring (bicyclic) bond motifs is 3. The van der Waals surface area contributed by atoms with Gasteiger partial charge in [0, 0.05) is 16.6 Å². The van der Waals surface area contributed by atoms with Crippen molar-refractivity contribution in [1.29, 1.82) is 0 Å². The van der Waals surface area contributed by atoms with Crippen LogP contribution in [0.2, 0.25) is 5.02 Å². The number of aryl methyl sites for hydroxylation is 1. The molecule has 2 aromatic rings. The molecule has 3 N–H and O–H groups in total. The number of benzene rings is 1. The lowest BCUT2D eigenvalue weighted by Gasteiger charge is -2.19. The van der Waals surface area contributed by atoms with E-state index in [0.29, 0.717) is 17.3 Å². The highest BCUT2D eigenvalue weighted by Gasteiger charge is 2.29. The van der Waals surface area contributed by atoms with Gasteiger partial charge in [-0.25, -0.2) is 4.39 Å². The average molecular weight is 267 g/mol. The van der Waals surface area contributed by atoms with Gasteiger partial charge in [0.15, 0.2) is 5.82 Å². The van der Waals surface area contributed by atoms with Crippen LogP contribution >= 0.6 is 11.6 Å². The Kier molecular flexibility index (Phi) is 2.55. The number of carbonyl (C=O) groups is 1. The van der Waals surface area contributed by atoms with Crippen molar-refractivity contribution in [2.24, 2.45) is 5.73 Å². The molecule has 0 bridgehead atoms. The Balaban J connectivity index is 2.31. The van der Waals surface area contributed by atoms with Crippen LogP contribution in [0, 0.1) is 5.82 Å². The van der Waals surface area contributed by atoms with E-state index in [4.69, 9.17) is 17.3 Å². The number of aromatic amines is 1. The first-order valence-electron chi connectivity index (χ1n) is 5.87. The van der Waals surface area contributed by atoms with E-state index in [-0.39, 0.29) is 16.8 Å². The van der Waals surface area contributed by atoms with E-state index in [9.17, 15) is 9.18 Å². The van der Waals surface area contributed by atoms with E-state index in [1.54, 1.807) is 6.07 Å². The number of hydrogen-bond donors (Lipinski definition) is 2. The van der Waals surface area contributed by atoms with E-state index in [1.165, 1.54) is 6.07 Å². The number of nitrogens with two attached hydrogens (primary N) is 1. The van der Waals surface area contributed by atoms with Crippen LogP contribution in [0.1, 0.15) is 30.0 Å². The lowest BCUT2D eigenvalue weighted by Crippen LogP contribution is -2.25. The molecule has 1 aromatic carbocycles. The SMILES string of the molecule is NC(=O)C1CCCc2c1[nH]c1ccc(Cl)c(F)c21. The molecular weight excluding hydrogens is 255 g/mol. The van der Waals surface area contributed by atoms with Gasteiger partial charge in [0.2, 0.25) is 5.91 Å². The lowest BCUT2D eigenvalue weighted by molar-refractivity contribution is -0.119. The van der Waals surface area contributed by atoms with Crippen molar-refractivity contribution in [3.05, 3.63) is 34.2 Å². The number of aromatic nitrogens is 1. The van der Waals surface area contributed by atoms with Crippen LogP contribution in [0.5, 0.6) is 0 Å². The molecule has 1 aromatic heterocycles. The van der Waals surface area contributed by atoms with Crippen molar-refractivity contribution in [2.45, 2.75) is 25.2 Å². The van der Waals surface area contributed by atoms with Crippen LogP contribution in [-0.4, -0.2) is 10.9 Å². The summed E-state index contributed by atoms with van der Waals surface area (Å²) in [6, 6.07) is 3.25. The Labute approximate surface area is 108 Å². The molecule has 0 aliphatic heterocycles. The second-order valence-electron chi connectivity index (χ2n) is 4.65. The zero-order chi connectivity index (χ0) is 12.9. The predicted molar refractivity (Wildman–Crippen MR) is 68.1 cm³/mol. The topological polar surface area (TPSA) is 58.9 Å². The molecular formula is C13H12ClFN2O. The summed E-state index contributed by atoms with van der Waals surface area (Å²) >= 11 is 5.81. The predicted octanol–water partition coefficient (Wildman–Crippen LogP) is 2.87. The normalized spacial score (nSPS) is 18.9. The second-order valence-corrected chi connectivity index (χ2v) is 5.06. The quantitative estimate of drug-likeness (QED) is 0.819. The van der Waals surface area contributed by atoms with Gasteiger partial charge in [-0.05, 0) is 37.0 Å². The van der Waals surface area contributed by atoms with Crippen LogP contribution < -0.4 is 5.73 Å². The lowest BCUT2D eigenvalue weighted by atomic mass is 9.86. The highest BCUT2D eigenvalue weighted by Crippen LogP contribution is 2.38. The number of H-pyrrole nitrogens is 1. The Bertz CT molecular complexity index is 650. The molecule has 0 fully saturated rings. The number of halogens is 2. The summed E-state index contributed by atoms with van der Waals surface area (Å²) in [5.74, 6) is -1.13. The molecule has 1 aliphatic carbocycles. The van der Waals surface area contributed by atoms with Gasteiger partial charge in [-0.1, -0.05) is 11.6 Å². The molecule has 18 heavy (non-hydrogen) atoms. The number of primary amides is 1. The molecule has 3 nitrogen and oxygen atoms in total. The summed E-state index contributed by atoms with van der Waals surface area (Å²) in [5, 5.41) is 0.606. The maximum absolute atomic E-state index is 14.1. The molecule has 0 spiro atoms. The first-order valence-corrected chi connectivity index (χ1v) is 6.25. The van der Waals surface area contributed by atoms with Gasteiger partial charge in [-0.3, -0.25) is 4.79 Å². The molecule has 0 saturated heterocycles. The van der Waals surface area contributed by atoms with E-state index in [2.05, 4.69) is 4.98 Å². The van der Waals surface area contributed by atoms with Crippen LogP contribution in [0.25, 0.3) is 10.9 Å². The number of amides is 1. The standard InChI is InChI=1S/C13H12ClFN2O/c14-8-4-5-9-10(11(8)15)6-2-1-3-7(13(16)18)12(6)17-9/h4-5,7,17H,1-3H2,(H2,16,18). The molecule has 1 aliphatic rings. The fourth-order valence-electron chi connectivity index (χ4n) is 2.77. The minimum atomic E-state index is -0.420. The third-order valence-electron chi connectivity index (χ3n) is 3.60. The van der Waals surface area contributed by atoms with E-state index < -0.39 is 5.82 Å². The largest absolute Gasteiger partial charge is 0.369 e. The van der Waals surface area contributed by atoms with Crippen molar-refractivity contribution >= 4 is 28.4 Å². The summed E-state index contributed by atoms with van der Waals surface area (Å²) < 4.78 is 14.1. The maximum Gasteiger partial charge on any atom is 0.226 e. The third-order valence-corrected chi connectivity index (χ3v) is 3.89. The average Bonchev–Trinajstić information content (AvgIpc) is 2.72. The van der Waals surface area contributed by atoms with Crippen LogP contribution in [0.15, 0.2) is 12.1 Å². The molecule has 3 rings (SSSR count). The molecule has 0 radical (unpaired) electrons. The molecule has 1 atom stereocenters. The van der Waals surface area contributed by atoms with Gasteiger partial charge in [-0.2, -0.15) is 0 Å². The Morgan fingerprint density at radius 1 is 1.50 bits per heavy atom. The molecule has 0 saturated carbocycles. The van der Waals surface area contributed by atoms with Crippen molar-refractivity contribution < 1.29 is 9.18 Å². The summed E-state index contributed by atoms with van der Waals surface area (Å²) in [7, 11) is 0. The van der Waals surface area contributed by atoms with Crippen LogP contribution in [0.4, 0.5) is 4.39 Å². The van der Waals surface area contributed by atoms with E-state index in [1.807, 2.05) is 0 Å². The zero-order valence-corrected chi connectivity index (χ0v) is 10.4. The number of hydrogen-bond acceptors (Lipinski definition) is 1. The summed E-state index contributed by atoms with van der Waals surface area (Å²) in [4.78, 5) is 14.5. The van der Waals surface area contributed by atoms with Crippen molar-refractivity contribution in [3.63, 3.8) is 0 Å². The van der Waals surface area contributed by atoms with Gasteiger partial charge < -0.3 is 10.7 Å². The monoisotopic (exact) mass is 266 g/mol. The first-order chi connectivity index (χ1) is 8.59. The van der Waals surface area contributed by atoms with E-state index in [0.717, 1.165) is 24.1 Å². The molecule has 1 unspecified atom stereocenters. The Morgan fingerprint density at radius 3 is 3.00 bits per heavy atom. The Hall–Kier alpha value is -1.55.